The van der Waals surface area contributed by atoms with Gasteiger partial charge in [0.1, 0.15) is 11.6 Å². The van der Waals surface area contributed by atoms with E-state index >= 15 is 0 Å². The second-order valence-electron chi connectivity index (χ2n) is 40.9. The lowest BCUT2D eigenvalue weighted by molar-refractivity contribution is -0.219. The van der Waals surface area contributed by atoms with Crippen molar-refractivity contribution < 1.29 is 69.4 Å². The maximum Gasteiger partial charge on any atom is 0.163 e. The third-order valence-electron chi connectivity index (χ3n) is 36.3. The number of fused-ring (bicyclic) bond motifs is 26. The topological polar surface area (TPSA) is 233 Å². The number of rotatable bonds is 0. The minimum absolute atomic E-state index is 0.0183. The minimum atomic E-state index is -0.769. The van der Waals surface area contributed by atoms with E-state index in [1.54, 1.807) is 11.1 Å². The fourth-order valence-electron chi connectivity index (χ4n) is 31.0. The highest BCUT2D eigenvalue weighted by atomic mass is 16.8. The molecule has 36 atom stereocenters. The molecule has 0 radical (unpaired) electrons. The van der Waals surface area contributed by atoms with Gasteiger partial charge in [0.25, 0.3) is 0 Å². The predicted molar refractivity (Wildman–Crippen MR) is 383 cm³/mol. The third kappa shape index (κ3) is 11.0. The molecule has 18 fully saturated rings. The van der Waals surface area contributed by atoms with Gasteiger partial charge in [0, 0.05) is 23.7 Å². The smallest absolute Gasteiger partial charge is 0.163 e. The first-order valence-corrected chi connectivity index (χ1v) is 41.5. The molecule has 16 saturated carbocycles. The first kappa shape index (κ1) is 73.8. The van der Waals surface area contributed by atoms with E-state index in [1.165, 1.54) is 32.1 Å². The lowest BCUT2D eigenvalue weighted by Gasteiger charge is -2.63. The van der Waals surface area contributed by atoms with Crippen LogP contribution >= 0.6 is 0 Å². The summed E-state index contributed by atoms with van der Waals surface area (Å²) in [6, 6.07) is 0. The van der Waals surface area contributed by atoms with Crippen LogP contribution in [-0.4, -0.2) is 137 Å². The zero-order chi connectivity index (χ0) is 71.5. The Balaban J connectivity index is 0.000000109. The molecule has 564 valence electrons. The first-order valence-electron chi connectivity index (χ1n) is 41.5. The molecule has 0 bridgehead atoms. The number of carbonyl (C=O) groups excluding carboxylic acids is 2. The molecule has 0 amide bonds. The van der Waals surface area contributed by atoms with Gasteiger partial charge < -0.3 is 59.8 Å². The Labute approximate surface area is 600 Å². The Morgan fingerprint density at radius 3 is 0.910 bits per heavy atom. The normalized spacial score (nSPS) is 58.4. The number of carbonyl (C=O) groups is 2. The van der Waals surface area contributed by atoms with Gasteiger partial charge in [-0.3, -0.25) is 9.59 Å². The molecule has 0 spiro atoms. The van der Waals surface area contributed by atoms with Crippen LogP contribution < -0.4 is 0 Å². The van der Waals surface area contributed by atoms with Crippen LogP contribution in [-0.2, 0) is 28.5 Å². The van der Waals surface area contributed by atoms with Gasteiger partial charge in [-0.1, -0.05) is 78.7 Å². The molecule has 18 aliphatic rings. The van der Waals surface area contributed by atoms with E-state index in [9.17, 15) is 50.4 Å². The van der Waals surface area contributed by atoms with E-state index in [1.807, 2.05) is 13.8 Å². The lowest BCUT2D eigenvalue weighted by Crippen LogP contribution is -2.64. The molecule has 16 aliphatic carbocycles. The number of hydrogen-bond acceptors (Lipinski definition) is 14. The van der Waals surface area contributed by atoms with Gasteiger partial charge in [0.05, 0.1) is 73.2 Å². The van der Waals surface area contributed by atoms with Crippen molar-refractivity contribution in [2.45, 2.75) is 362 Å². The van der Waals surface area contributed by atoms with E-state index in [4.69, 9.17) is 18.9 Å². The van der Waals surface area contributed by atoms with Crippen molar-refractivity contribution >= 4 is 11.6 Å². The number of hydrogen-bond donors (Lipinski definition) is 8. The van der Waals surface area contributed by atoms with Gasteiger partial charge in [-0.05, 0) is 336 Å². The average Bonchev–Trinajstić information content (AvgIpc) is 1.27. The van der Waals surface area contributed by atoms with Gasteiger partial charge in [0.2, 0.25) is 0 Å². The van der Waals surface area contributed by atoms with E-state index < -0.39 is 36.0 Å². The summed E-state index contributed by atoms with van der Waals surface area (Å²) < 4.78 is 26.2. The molecule has 0 aromatic rings. The summed E-state index contributed by atoms with van der Waals surface area (Å²) in [6.45, 7) is 31.4. The number of Topliss-reactive ketones (excluding diaryl/α,β-unsaturated/α-hetero) is 2. The zero-order valence-corrected chi connectivity index (χ0v) is 64.1. The molecule has 14 nitrogen and oxygen atoms in total. The van der Waals surface area contributed by atoms with Crippen molar-refractivity contribution in [2.24, 2.45) is 138 Å². The van der Waals surface area contributed by atoms with Gasteiger partial charge in [-0.2, -0.15) is 0 Å². The number of ketones is 2. The molecular weight excluding hydrogens is 1260 g/mol. The van der Waals surface area contributed by atoms with Crippen molar-refractivity contribution in [3.05, 3.63) is 23.3 Å². The van der Waals surface area contributed by atoms with Crippen LogP contribution in [0.4, 0.5) is 0 Å². The first-order chi connectivity index (χ1) is 47.0. The fourth-order valence-corrected chi connectivity index (χ4v) is 31.0. The van der Waals surface area contributed by atoms with Crippen LogP contribution in [0.2, 0.25) is 0 Å². The second kappa shape index (κ2) is 25.5. The van der Waals surface area contributed by atoms with Gasteiger partial charge in [-0.15, -0.1) is 0 Å². The highest BCUT2D eigenvalue weighted by molar-refractivity contribution is 5.87. The third-order valence-corrected chi connectivity index (χ3v) is 36.3. The van der Waals surface area contributed by atoms with Crippen molar-refractivity contribution in [2.75, 3.05) is 0 Å². The average molecular weight is 1390 g/mol. The summed E-state index contributed by atoms with van der Waals surface area (Å²) in [7, 11) is 0. The van der Waals surface area contributed by atoms with Crippen LogP contribution in [0.15, 0.2) is 23.3 Å². The molecule has 2 heterocycles. The summed E-state index contributed by atoms with van der Waals surface area (Å²) in [5.41, 5.74) is 3.92. The lowest BCUT2D eigenvalue weighted by atomic mass is 9.43. The van der Waals surface area contributed by atoms with E-state index in [-0.39, 0.29) is 116 Å². The molecule has 18 rings (SSSR count). The SMILES string of the molecule is C/C=C1/CCC2C3C(CC[C@]12C)[C@@]1(C)CC[C@H](O)CC1[C@@H](O)[C@@H]3O.C/C=C1/CCC2C3C(CC[C@]12C)[C@@]1(C)CC[C@H](O)CC1[C@H]1OC(C)(C)O[C@H]31.CC1(C)O[C@@H]2C3C(CC[C@]4(C)C(=O)CCC34)[C@@]3(C)CC[C@H](O)CC3[C@H]2O1.C[C@]12CC[C@H](O)CC1[C@@H](O)[C@H](O)C1C2CC[C@]2(C)C(=O)CCC12. The fraction of sp³-hybridized carbons (Fsp3) is 0.930. The van der Waals surface area contributed by atoms with Gasteiger partial charge in [-0.25, -0.2) is 0 Å². The highest BCUT2D eigenvalue weighted by Crippen LogP contribution is 2.73. The molecule has 8 N–H and O–H groups in total. The summed E-state index contributed by atoms with van der Waals surface area (Å²) in [5, 5.41) is 84.8. The Kier molecular flexibility index (Phi) is 18.8. The van der Waals surface area contributed by atoms with Crippen molar-refractivity contribution in [1.82, 2.24) is 0 Å². The molecular formula is C86H136O14. The van der Waals surface area contributed by atoms with Crippen LogP contribution in [0.5, 0.6) is 0 Å². The summed E-state index contributed by atoms with van der Waals surface area (Å²) in [5.74, 6) is 5.86. The highest BCUT2D eigenvalue weighted by Gasteiger charge is 2.72. The van der Waals surface area contributed by atoms with Crippen LogP contribution in [0, 0.1) is 138 Å². The van der Waals surface area contributed by atoms with Gasteiger partial charge >= 0.3 is 0 Å². The molecule has 16 unspecified atom stereocenters. The Bertz CT molecular complexity index is 3160. The predicted octanol–water partition coefficient (Wildman–Crippen LogP) is 14.0. The largest absolute Gasteiger partial charge is 0.393 e. The minimum Gasteiger partial charge on any atom is -0.393 e. The van der Waals surface area contributed by atoms with Crippen LogP contribution in [0.25, 0.3) is 0 Å². The molecule has 0 aromatic heterocycles. The molecule has 14 heteroatoms. The van der Waals surface area contributed by atoms with Crippen molar-refractivity contribution in [3.63, 3.8) is 0 Å². The maximum absolute atomic E-state index is 12.7. The summed E-state index contributed by atoms with van der Waals surface area (Å²) in [4.78, 5) is 25.1. The molecule has 2 saturated heterocycles. The molecule has 2 aliphatic heterocycles. The van der Waals surface area contributed by atoms with Gasteiger partial charge in [0.15, 0.2) is 11.6 Å². The molecule has 100 heavy (non-hydrogen) atoms. The van der Waals surface area contributed by atoms with Crippen LogP contribution in [0.1, 0.15) is 277 Å². The number of aliphatic hydroxyl groups excluding tert-OH is 8. The summed E-state index contributed by atoms with van der Waals surface area (Å²) in [6.07, 6.45) is 29.1. The van der Waals surface area contributed by atoms with Crippen molar-refractivity contribution in [3.8, 4) is 0 Å². The number of ether oxygens (including phenoxy) is 4. The molecule has 0 aromatic carbocycles. The zero-order valence-electron chi connectivity index (χ0n) is 64.1. The van der Waals surface area contributed by atoms with E-state index in [0.717, 1.165) is 134 Å². The Hall–Kier alpha value is -1.66. The maximum atomic E-state index is 12.7. The Morgan fingerprint density at radius 1 is 0.290 bits per heavy atom. The number of aliphatic hydroxyl groups is 8. The number of allylic oxidation sites excluding steroid dienone is 4. The van der Waals surface area contributed by atoms with E-state index in [2.05, 4.69) is 95.2 Å². The Morgan fingerprint density at radius 2 is 0.560 bits per heavy atom. The quantitative estimate of drug-likeness (QED) is 0.105. The van der Waals surface area contributed by atoms with E-state index in [0.29, 0.717) is 95.4 Å². The standard InChI is InChI=1S/C24H38O3.C22H34O4.C21H34O3.C19H30O4/c1-6-14-7-8-16-19-17(10-12-23(14,16)4)24(5)11-9-15(25)13-18(24)20-21(19)27-22(2,3)26-20;1-20(2)25-18-15-11-12(23)7-9-21(15,3)14-8-10-22(4)13(5-6-16(22)24)17(14)19(18)26-20;1-4-12-5-6-14-17-15(8-10-20(12,14)2)21(3)9-7-13(22)11-16(21)18(23)19(17)24;1-18-7-5-10(20)9-13(18)16(22)17(23)15-11-3-4-14(21)19(11,2)8-6-12(15)18/h6,15-21,25H,7-13H2,1-5H3;12-15,17-19,23H,5-11H2,1-4H3;4,13-19,22-24H,5-11H2,1-3H3;10-13,15-17,20,22-23H,3-9H2,1-2H3/b14-6-;;12-4-;/t15-,16?,17?,18?,19?,20+,21+,23+,24+;12-,13?,14?,15?,17?,18+,19+,21+,22-;13-,14?,15?,16?,17?,18+,19+,20+,21+;10-,11?,12?,13?,15?,16+,17+,18+,19-/m0000/s1. The van der Waals surface area contributed by atoms with Crippen molar-refractivity contribution in [1.29, 1.82) is 0 Å². The second-order valence-corrected chi connectivity index (χ2v) is 40.9. The van der Waals surface area contributed by atoms with Crippen LogP contribution in [0.3, 0.4) is 0 Å². The monoisotopic (exact) mass is 1390 g/mol. The summed E-state index contributed by atoms with van der Waals surface area (Å²) >= 11 is 0.